The minimum absolute atomic E-state index is 0.00457. The molecule has 0 saturated heterocycles. The first kappa shape index (κ1) is 27.1. The molecule has 0 radical (unpaired) electrons. The van der Waals surface area contributed by atoms with Gasteiger partial charge in [-0.2, -0.15) is 0 Å². The Kier molecular flexibility index (Phi) is 8.53. The van der Waals surface area contributed by atoms with Crippen LogP contribution in [0.25, 0.3) is 0 Å². The van der Waals surface area contributed by atoms with E-state index < -0.39 is 5.97 Å². The van der Waals surface area contributed by atoms with Gasteiger partial charge in [0.1, 0.15) is 11.0 Å². The van der Waals surface area contributed by atoms with E-state index in [1.165, 1.54) is 0 Å². The largest absolute Gasteiger partial charge is 0.477 e. The number of carboxylic acid groups (broad SMARTS) is 1. The normalized spacial score (nSPS) is 24.0. The van der Waals surface area contributed by atoms with E-state index in [0.717, 1.165) is 62.7 Å². The van der Waals surface area contributed by atoms with Crippen LogP contribution in [0.4, 0.5) is 5.69 Å². The van der Waals surface area contributed by atoms with Crippen molar-refractivity contribution in [3.8, 4) is 17.7 Å². The number of aromatic nitrogens is 2. The van der Waals surface area contributed by atoms with Gasteiger partial charge in [-0.1, -0.05) is 18.8 Å². The van der Waals surface area contributed by atoms with Gasteiger partial charge in [-0.3, -0.25) is 9.78 Å². The lowest BCUT2D eigenvalue weighted by Crippen LogP contribution is -2.47. The monoisotopic (exact) mass is 523 g/mol. The second-order valence-corrected chi connectivity index (χ2v) is 12.4. The van der Waals surface area contributed by atoms with Crippen molar-refractivity contribution < 1.29 is 19.4 Å². The van der Waals surface area contributed by atoms with E-state index in [4.69, 9.17) is 4.74 Å². The van der Waals surface area contributed by atoms with Crippen molar-refractivity contribution in [3.05, 3.63) is 34.4 Å². The Hall–Kier alpha value is -2.92. The van der Waals surface area contributed by atoms with E-state index in [-0.39, 0.29) is 34.3 Å². The zero-order valence-corrected chi connectivity index (χ0v) is 23.0. The lowest BCUT2D eigenvalue weighted by atomic mass is 9.81. The molecular formula is C29H37N3O4S. The molecule has 0 aromatic carbocycles. The van der Waals surface area contributed by atoms with E-state index >= 15 is 0 Å². The second-order valence-electron chi connectivity index (χ2n) is 11.4. The maximum Gasteiger partial charge on any atom is 0.348 e. The minimum atomic E-state index is -1.02. The lowest BCUT2D eigenvalue weighted by Gasteiger charge is -2.39. The number of thiophene rings is 1. The van der Waals surface area contributed by atoms with E-state index in [2.05, 4.69) is 28.7 Å². The Morgan fingerprint density at radius 3 is 2.38 bits per heavy atom. The van der Waals surface area contributed by atoms with Gasteiger partial charge in [-0.15, -0.1) is 11.3 Å². The van der Waals surface area contributed by atoms with Crippen LogP contribution >= 0.6 is 11.3 Å². The number of rotatable bonds is 6. The van der Waals surface area contributed by atoms with Crippen LogP contribution in [-0.4, -0.2) is 39.1 Å². The predicted octanol–water partition coefficient (Wildman–Crippen LogP) is 6.18. The molecule has 4 rings (SSSR count). The molecule has 7 nitrogen and oxygen atoms in total. The fourth-order valence-corrected chi connectivity index (χ4v) is 6.00. The molecule has 0 aliphatic heterocycles. The zero-order valence-electron chi connectivity index (χ0n) is 22.2. The zero-order chi connectivity index (χ0) is 26.6. The van der Waals surface area contributed by atoms with Crippen LogP contribution < -0.4 is 9.64 Å². The van der Waals surface area contributed by atoms with Gasteiger partial charge in [-0.25, -0.2) is 9.78 Å². The van der Waals surface area contributed by atoms with Crippen LogP contribution in [0.5, 0.6) is 5.88 Å². The topological polar surface area (TPSA) is 92.6 Å². The highest BCUT2D eigenvalue weighted by Crippen LogP contribution is 2.39. The van der Waals surface area contributed by atoms with Gasteiger partial charge in [-0.05, 0) is 84.1 Å². The molecule has 2 fully saturated rings. The Labute approximate surface area is 223 Å². The first-order valence-corrected chi connectivity index (χ1v) is 14.1. The second kappa shape index (κ2) is 11.6. The molecule has 2 heterocycles. The third-order valence-electron chi connectivity index (χ3n) is 7.17. The van der Waals surface area contributed by atoms with Gasteiger partial charge < -0.3 is 14.7 Å². The van der Waals surface area contributed by atoms with Crippen LogP contribution in [0, 0.1) is 29.1 Å². The fraction of sp³-hybridized carbons (Fsp3) is 0.586. The molecule has 2 aromatic rings. The van der Waals surface area contributed by atoms with Gasteiger partial charge in [0, 0.05) is 29.8 Å². The summed E-state index contributed by atoms with van der Waals surface area (Å²) in [6.45, 7) is 8.30. The maximum atomic E-state index is 14.0. The smallest absolute Gasteiger partial charge is 0.348 e. The fourth-order valence-electron chi connectivity index (χ4n) is 5.16. The molecule has 0 bridgehead atoms. The van der Waals surface area contributed by atoms with Crippen LogP contribution in [-0.2, 0) is 4.79 Å². The quantitative estimate of drug-likeness (QED) is 0.454. The molecule has 1 N–H and O–H groups in total. The highest BCUT2D eigenvalue weighted by atomic mass is 32.1. The van der Waals surface area contributed by atoms with Gasteiger partial charge in [0.05, 0.1) is 16.8 Å². The number of ether oxygens (including phenoxy) is 1. The summed E-state index contributed by atoms with van der Waals surface area (Å²) in [7, 11) is 0. The van der Waals surface area contributed by atoms with Crippen LogP contribution in [0.15, 0.2) is 24.7 Å². The summed E-state index contributed by atoms with van der Waals surface area (Å²) < 4.78 is 6.02. The molecule has 1 amide bonds. The van der Waals surface area contributed by atoms with Crippen LogP contribution in [0.2, 0.25) is 0 Å². The van der Waals surface area contributed by atoms with Crippen molar-refractivity contribution in [2.24, 2.45) is 17.3 Å². The van der Waals surface area contributed by atoms with Crippen molar-refractivity contribution >= 4 is 28.9 Å². The molecule has 2 aliphatic carbocycles. The van der Waals surface area contributed by atoms with Crippen molar-refractivity contribution in [1.82, 2.24) is 9.97 Å². The van der Waals surface area contributed by atoms with Gasteiger partial charge in [0.25, 0.3) is 0 Å². The first-order chi connectivity index (χ1) is 17.6. The first-order valence-electron chi connectivity index (χ1n) is 13.3. The summed E-state index contributed by atoms with van der Waals surface area (Å²) in [5.74, 6) is 6.45. The van der Waals surface area contributed by atoms with E-state index in [0.29, 0.717) is 22.4 Å². The molecule has 0 spiro atoms. The highest BCUT2D eigenvalue weighted by molar-refractivity contribution is 7.15. The highest BCUT2D eigenvalue weighted by Gasteiger charge is 2.37. The number of hydrogen-bond donors (Lipinski definition) is 1. The summed E-state index contributed by atoms with van der Waals surface area (Å²) in [6.07, 6.45) is 11.6. The number of anilines is 1. The average Bonchev–Trinajstić information content (AvgIpc) is 3.29. The maximum absolute atomic E-state index is 14.0. The number of nitrogens with zero attached hydrogens (tertiary/aromatic N) is 3. The standard InChI is InChI=1S/C29H37N3O4S/c1-19-5-7-20(8-6-19)27(33)32(21-9-11-22(12-10-21)36-25-18-30-15-16-31-25)24-17-23(13-14-29(2,3)4)37-26(24)28(34)35/h15-22H,5-12H2,1-4H3,(H,34,35)/t19-,20-,21-,22-. The number of aromatic carboxylic acids is 1. The third-order valence-corrected chi connectivity index (χ3v) is 8.19. The Morgan fingerprint density at radius 1 is 1.08 bits per heavy atom. The molecule has 2 saturated carbocycles. The van der Waals surface area contributed by atoms with E-state index in [9.17, 15) is 14.7 Å². The van der Waals surface area contributed by atoms with Crippen molar-refractivity contribution in [2.45, 2.75) is 91.2 Å². The number of carbonyl (C=O) groups excluding carboxylic acids is 1. The van der Waals surface area contributed by atoms with Crippen molar-refractivity contribution in [2.75, 3.05) is 4.90 Å². The molecule has 2 aliphatic rings. The molecule has 37 heavy (non-hydrogen) atoms. The molecule has 2 aromatic heterocycles. The predicted molar refractivity (Wildman–Crippen MR) is 145 cm³/mol. The van der Waals surface area contributed by atoms with E-state index in [1.54, 1.807) is 18.6 Å². The van der Waals surface area contributed by atoms with Crippen LogP contribution in [0.1, 0.15) is 93.6 Å². The third kappa shape index (κ3) is 7.10. The number of amides is 1. The summed E-state index contributed by atoms with van der Waals surface area (Å²) in [6, 6.07) is 1.74. The Bertz CT molecular complexity index is 1150. The number of carbonyl (C=O) groups is 2. The molecule has 0 atom stereocenters. The summed E-state index contributed by atoms with van der Waals surface area (Å²) in [5.41, 5.74) is 0.293. The summed E-state index contributed by atoms with van der Waals surface area (Å²) >= 11 is 1.16. The number of hydrogen-bond acceptors (Lipinski definition) is 6. The van der Waals surface area contributed by atoms with E-state index in [1.807, 2.05) is 31.7 Å². The summed E-state index contributed by atoms with van der Waals surface area (Å²) in [5, 5.41) is 10.1. The lowest BCUT2D eigenvalue weighted by molar-refractivity contribution is -0.124. The van der Waals surface area contributed by atoms with Crippen molar-refractivity contribution in [1.29, 1.82) is 0 Å². The average molecular weight is 524 g/mol. The van der Waals surface area contributed by atoms with Gasteiger partial charge in [0.2, 0.25) is 11.8 Å². The van der Waals surface area contributed by atoms with Crippen molar-refractivity contribution in [3.63, 3.8) is 0 Å². The van der Waals surface area contributed by atoms with Gasteiger partial charge >= 0.3 is 5.97 Å². The minimum Gasteiger partial charge on any atom is -0.477 e. The Balaban J connectivity index is 1.61. The molecular weight excluding hydrogens is 486 g/mol. The Morgan fingerprint density at radius 2 is 1.78 bits per heavy atom. The van der Waals surface area contributed by atoms with Crippen LogP contribution in [0.3, 0.4) is 0 Å². The summed E-state index contributed by atoms with van der Waals surface area (Å²) in [4.78, 5) is 37.3. The SMILES string of the molecule is CC(C)(C)C#Cc1cc(N(C(=O)[C@H]2CC[C@H](C)CC2)[C@H]2CC[C@H](Oc3cnccn3)CC2)c(C(=O)O)s1. The number of carboxylic acids is 1. The molecule has 0 unspecified atom stereocenters. The van der Waals surface area contributed by atoms with Gasteiger partial charge in [0.15, 0.2) is 0 Å². The molecule has 198 valence electrons. The molecule has 8 heteroatoms.